The molecule has 0 amide bonds. The Balaban J connectivity index is 1.96. The quantitative estimate of drug-likeness (QED) is 0.816. The van der Waals surface area contributed by atoms with Crippen LogP contribution < -0.4 is 4.72 Å². The van der Waals surface area contributed by atoms with E-state index >= 15 is 0 Å². The van der Waals surface area contributed by atoms with Crippen LogP contribution in [0.3, 0.4) is 0 Å². The first-order chi connectivity index (χ1) is 10.6. The van der Waals surface area contributed by atoms with Crippen molar-refractivity contribution in [3.63, 3.8) is 0 Å². The van der Waals surface area contributed by atoms with E-state index in [1.165, 1.54) is 6.92 Å². The van der Waals surface area contributed by atoms with Crippen molar-refractivity contribution in [3.05, 3.63) is 22.4 Å². The van der Waals surface area contributed by atoms with Crippen molar-refractivity contribution >= 4 is 21.4 Å². The SMILES string of the molecule is CC(C)S(=O)(=O)NCC(C)(F)C1CCC(O)(c2ccsc2)CC1. The van der Waals surface area contributed by atoms with Gasteiger partial charge >= 0.3 is 0 Å². The third kappa shape index (κ3) is 4.32. The van der Waals surface area contributed by atoms with E-state index in [0.29, 0.717) is 25.7 Å². The normalized spacial score (nSPS) is 28.7. The number of rotatable bonds is 6. The fraction of sp³-hybridized carbons (Fsp3) is 0.750. The second-order valence-electron chi connectivity index (χ2n) is 7.01. The maximum absolute atomic E-state index is 15.0. The van der Waals surface area contributed by atoms with E-state index < -0.39 is 26.5 Å². The Bertz CT molecular complexity index is 603. The van der Waals surface area contributed by atoms with Crippen LogP contribution in [0.5, 0.6) is 0 Å². The molecule has 0 aromatic carbocycles. The minimum absolute atomic E-state index is 0.213. The van der Waals surface area contributed by atoms with Crippen LogP contribution in [0, 0.1) is 5.92 Å². The topological polar surface area (TPSA) is 66.4 Å². The van der Waals surface area contributed by atoms with Crippen LogP contribution >= 0.6 is 11.3 Å². The fourth-order valence-electron chi connectivity index (χ4n) is 3.07. The highest BCUT2D eigenvalue weighted by molar-refractivity contribution is 7.90. The van der Waals surface area contributed by atoms with E-state index in [-0.39, 0.29) is 12.5 Å². The maximum Gasteiger partial charge on any atom is 0.214 e. The van der Waals surface area contributed by atoms with E-state index in [4.69, 9.17) is 0 Å². The third-order valence-corrected chi connectivity index (χ3v) is 7.43. The van der Waals surface area contributed by atoms with Crippen molar-refractivity contribution < 1.29 is 17.9 Å². The molecule has 23 heavy (non-hydrogen) atoms. The van der Waals surface area contributed by atoms with Gasteiger partial charge in [0.2, 0.25) is 10.0 Å². The molecule has 0 spiro atoms. The monoisotopic (exact) mass is 363 g/mol. The van der Waals surface area contributed by atoms with Crippen LogP contribution in [-0.2, 0) is 15.6 Å². The molecule has 0 bridgehead atoms. The average Bonchev–Trinajstić information content (AvgIpc) is 3.01. The van der Waals surface area contributed by atoms with Gasteiger partial charge in [0.1, 0.15) is 5.67 Å². The highest BCUT2D eigenvalue weighted by Crippen LogP contribution is 2.44. The third-order valence-electron chi connectivity index (χ3n) is 4.96. The number of hydrogen-bond donors (Lipinski definition) is 2. The summed E-state index contributed by atoms with van der Waals surface area (Å²) in [5.41, 5.74) is -1.58. The second kappa shape index (κ2) is 6.78. The predicted molar refractivity (Wildman–Crippen MR) is 91.7 cm³/mol. The van der Waals surface area contributed by atoms with Crippen molar-refractivity contribution in [2.75, 3.05) is 6.54 Å². The lowest BCUT2D eigenvalue weighted by Crippen LogP contribution is -2.47. The number of sulfonamides is 1. The van der Waals surface area contributed by atoms with E-state index in [1.54, 1.807) is 25.2 Å². The largest absolute Gasteiger partial charge is 0.385 e. The highest BCUT2D eigenvalue weighted by Gasteiger charge is 2.43. The summed E-state index contributed by atoms with van der Waals surface area (Å²) in [7, 11) is -3.47. The smallest absolute Gasteiger partial charge is 0.214 e. The molecule has 1 unspecified atom stereocenters. The standard InChI is InChI=1S/C16H26FNO3S2/c1-12(2)23(20,21)18-11-15(3,17)13-4-7-16(19,8-5-13)14-6-9-22-10-14/h6,9-10,12-13,18-19H,4-5,7-8,11H2,1-3H3. The Labute approximate surface area is 142 Å². The van der Waals surface area contributed by atoms with Gasteiger partial charge in [-0.15, -0.1) is 0 Å². The number of thiophene rings is 1. The van der Waals surface area contributed by atoms with Crippen LogP contribution in [0.25, 0.3) is 0 Å². The van der Waals surface area contributed by atoms with Crippen molar-refractivity contribution in [2.24, 2.45) is 5.92 Å². The van der Waals surface area contributed by atoms with Gasteiger partial charge in [-0.3, -0.25) is 0 Å². The molecule has 1 aliphatic rings. The van der Waals surface area contributed by atoms with Crippen LogP contribution in [0.4, 0.5) is 4.39 Å². The first kappa shape index (κ1) is 18.8. The molecular weight excluding hydrogens is 337 g/mol. The summed E-state index contributed by atoms with van der Waals surface area (Å²) in [5.74, 6) is -0.253. The molecule has 0 saturated heterocycles. The molecule has 0 radical (unpaired) electrons. The molecule has 0 aliphatic heterocycles. The van der Waals surface area contributed by atoms with Gasteiger partial charge in [-0.05, 0) is 74.8 Å². The lowest BCUT2D eigenvalue weighted by molar-refractivity contribution is -0.0407. The molecule has 1 aromatic heterocycles. The van der Waals surface area contributed by atoms with Crippen molar-refractivity contribution in [1.29, 1.82) is 0 Å². The van der Waals surface area contributed by atoms with Crippen LogP contribution in [-0.4, -0.2) is 31.0 Å². The van der Waals surface area contributed by atoms with Crippen molar-refractivity contribution in [3.8, 4) is 0 Å². The zero-order valence-electron chi connectivity index (χ0n) is 13.9. The molecule has 1 atom stereocenters. The summed E-state index contributed by atoms with van der Waals surface area (Å²) in [5, 5.41) is 14.0. The molecule has 1 heterocycles. The van der Waals surface area contributed by atoms with Gasteiger partial charge in [-0.2, -0.15) is 11.3 Å². The predicted octanol–water partition coefficient (Wildman–Crippen LogP) is 3.18. The minimum atomic E-state index is -3.47. The van der Waals surface area contributed by atoms with E-state index in [2.05, 4.69) is 4.72 Å². The molecular formula is C16H26FNO3S2. The molecule has 2 rings (SSSR count). The van der Waals surface area contributed by atoms with Crippen molar-refractivity contribution in [2.45, 2.75) is 63.0 Å². The molecule has 1 aliphatic carbocycles. The number of halogens is 1. The lowest BCUT2D eigenvalue weighted by Gasteiger charge is -2.40. The Kier molecular flexibility index (Phi) is 5.55. The van der Waals surface area contributed by atoms with Gasteiger partial charge in [-0.1, -0.05) is 0 Å². The molecule has 7 heteroatoms. The summed E-state index contributed by atoms with van der Waals surface area (Å²) < 4.78 is 40.9. The van der Waals surface area contributed by atoms with Crippen LogP contribution in [0.15, 0.2) is 16.8 Å². The summed E-state index contributed by atoms with van der Waals surface area (Å²) in [6.07, 6.45) is 2.10. The van der Waals surface area contributed by atoms with E-state index in [9.17, 15) is 17.9 Å². The van der Waals surface area contributed by atoms with E-state index in [1.807, 2.05) is 16.8 Å². The van der Waals surface area contributed by atoms with Gasteiger partial charge < -0.3 is 5.11 Å². The van der Waals surface area contributed by atoms with Gasteiger partial charge in [-0.25, -0.2) is 17.5 Å². The minimum Gasteiger partial charge on any atom is -0.385 e. The van der Waals surface area contributed by atoms with Gasteiger partial charge in [0.25, 0.3) is 0 Å². The summed E-state index contributed by atoms with van der Waals surface area (Å²) >= 11 is 1.54. The Morgan fingerprint density at radius 2 is 2.09 bits per heavy atom. The number of alkyl halides is 1. The molecule has 1 fully saturated rings. The Hall–Kier alpha value is -0.500. The highest BCUT2D eigenvalue weighted by atomic mass is 32.2. The first-order valence-electron chi connectivity index (χ1n) is 7.99. The zero-order valence-corrected chi connectivity index (χ0v) is 15.5. The number of aliphatic hydroxyl groups is 1. The van der Waals surface area contributed by atoms with E-state index in [0.717, 1.165) is 5.56 Å². The van der Waals surface area contributed by atoms with Gasteiger partial charge in [0, 0.05) is 6.54 Å². The van der Waals surface area contributed by atoms with Gasteiger partial charge in [0.05, 0.1) is 10.9 Å². The average molecular weight is 364 g/mol. The summed E-state index contributed by atoms with van der Waals surface area (Å²) in [6.45, 7) is 4.38. The lowest BCUT2D eigenvalue weighted by atomic mass is 9.71. The summed E-state index contributed by atoms with van der Waals surface area (Å²) in [6, 6.07) is 1.91. The maximum atomic E-state index is 15.0. The van der Waals surface area contributed by atoms with Crippen LogP contribution in [0.1, 0.15) is 52.0 Å². The Morgan fingerprint density at radius 1 is 1.48 bits per heavy atom. The Morgan fingerprint density at radius 3 is 2.57 bits per heavy atom. The molecule has 1 saturated carbocycles. The second-order valence-corrected chi connectivity index (χ2v) is 10.1. The zero-order chi connectivity index (χ0) is 17.3. The fourth-order valence-corrected chi connectivity index (χ4v) is 4.63. The molecule has 132 valence electrons. The number of hydrogen-bond acceptors (Lipinski definition) is 4. The van der Waals surface area contributed by atoms with Crippen LogP contribution in [0.2, 0.25) is 0 Å². The number of nitrogens with one attached hydrogen (secondary N) is 1. The first-order valence-corrected chi connectivity index (χ1v) is 10.5. The van der Waals surface area contributed by atoms with Crippen molar-refractivity contribution in [1.82, 2.24) is 4.72 Å². The molecule has 1 aromatic rings. The molecule has 4 nitrogen and oxygen atoms in total. The summed E-state index contributed by atoms with van der Waals surface area (Å²) in [4.78, 5) is 0. The van der Waals surface area contributed by atoms with Gasteiger partial charge in [0.15, 0.2) is 0 Å². The molecule has 2 N–H and O–H groups in total.